The van der Waals surface area contributed by atoms with Crippen LogP contribution in [-0.4, -0.2) is 66.0 Å². The first-order valence-corrected chi connectivity index (χ1v) is 37.9. The van der Waals surface area contributed by atoms with Crippen molar-refractivity contribution in [2.75, 3.05) is 31.2 Å². The lowest BCUT2D eigenvalue weighted by Gasteiger charge is -2.36. The molecule has 0 atom stereocenters. The molecule has 1 aliphatic heterocycles. The van der Waals surface area contributed by atoms with Gasteiger partial charge >= 0.3 is 0 Å². The zero-order valence-electron chi connectivity index (χ0n) is 59.4. The number of carbonyl (C=O) groups excluding carboxylic acids is 2. The minimum absolute atomic E-state index is 0.0703. The molecule has 0 spiro atoms. The summed E-state index contributed by atoms with van der Waals surface area (Å²) in [6.07, 6.45) is 37.1. The van der Waals surface area contributed by atoms with Crippen LogP contribution in [0.3, 0.4) is 0 Å². The Morgan fingerprint density at radius 1 is 0.396 bits per heavy atom. The normalized spacial score (nSPS) is 18.8. The highest BCUT2D eigenvalue weighted by Gasteiger charge is 2.34. The highest BCUT2D eigenvalue weighted by atomic mass is 16.5. The van der Waals surface area contributed by atoms with Crippen LogP contribution >= 0.6 is 0 Å². The molecule has 10 nitrogen and oxygen atoms in total. The van der Waals surface area contributed by atoms with Crippen molar-refractivity contribution in [3.05, 3.63) is 280 Å². The van der Waals surface area contributed by atoms with E-state index in [0.29, 0.717) is 0 Å². The van der Waals surface area contributed by atoms with Crippen LogP contribution in [0.2, 0.25) is 0 Å². The number of ketones is 2. The number of morpholine rings is 1. The summed E-state index contributed by atoms with van der Waals surface area (Å²) >= 11 is 0. The van der Waals surface area contributed by atoms with E-state index in [1.54, 1.807) is 19.4 Å². The molecule has 5 fully saturated rings. The van der Waals surface area contributed by atoms with E-state index in [9.17, 15) is 9.59 Å². The Morgan fingerprint density at radius 2 is 0.812 bits per heavy atom. The molecule has 4 saturated carbocycles. The molecule has 1 saturated heterocycles. The van der Waals surface area contributed by atoms with Gasteiger partial charge in [0.05, 0.1) is 30.3 Å². The maximum Gasteiger partial charge on any atom is 0.159 e. The van der Waals surface area contributed by atoms with Crippen LogP contribution in [0.1, 0.15) is 200 Å². The molecule has 0 unspecified atom stereocenters. The van der Waals surface area contributed by atoms with E-state index in [0.717, 1.165) is 138 Å². The van der Waals surface area contributed by atoms with Gasteiger partial charge in [-0.3, -0.25) is 22.8 Å². The number of hydrogen-bond acceptors (Lipinski definition) is 7. The molecule has 17 rings (SSSR count). The first kappa shape index (κ1) is 67.3. The van der Waals surface area contributed by atoms with Gasteiger partial charge in [-0.1, -0.05) is 179 Å². The van der Waals surface area contributed by atoms with Gasteiger partial charge in [0.1, 0.15) is 16.9 Å². The molecule has 5 aliphatic rings. The maximum absolute atomic E-state index is 11.8. The summed E-state index contributed by atoms with van der Waals surface area (Å²) in [4.78, 5) is 39.8. The third-order valence-electron chi connectivity index (χ3n) is 23.2. The second-order valence-electron chi connectivity index (χ2n) is 29.7. The fourth-order valence-electron chi connectivity index (χ4n) is 17.2. The molecule has 6 aromatic carbocycles. The molecule has 4 aliphatic carbocycles. The molecule has 12 aromatic rings. The van der Waals surface area contributed by atoms with Gasteiger partial charge in [0, 0.05) is 86.3 Å². The lowest BCUT2D eigenvalue weighted by atomic mass is 9.70. The molecule has 6 aromatic heterocycles. The predicted molar refractivity (Wildman–Crippen MR) is 411 cm³/mol. The Balaban J connectivity index is 0.000000123. The molecular weight excluding hydrogens is 1240 g/mol. The SMILES string of the molecule is CC(=O)c1ccc(-c2ccc(Cc3ccc(C4CCC(C5CC5)CC4)cc3)c3nccn23)cc1.CC(=O)c1cccc(-c2ccc(Cc3ccc(N4CCOCC4)cc3)c3nccn23)c1.CCc1cccc(-c2ccc(Cc3ccc(C4CCC(C5CCCCC5)CC4)cc3)c3nccn23)c1. The van der Waals surface area contributed by atoms with Crippen molar-refractivity contribution in [3.8, 4) is 33.8 Å². The lowest BCUT2D eigenvalue weighted by Crippen LogP contribution is -2.36. The smallest absolute Gasteiger partial charge is 0.159 e. The number of pyridine rings is 3. The van der Waals surface area contributed by atoms with E-state index in [2.05, 4.69) is 175 Å². The number of aromatic nitrogens is 6. The van der Waals surface area contributed by atoms with Crippen LogP contribution in [0, 0.1) is 23.7 Å². The number of ether oxygens (including phenoxy) is 1. The second kappa shape index (κ2) is 31.2. The zero-order chi connectivity index (χ0) is 68.6. The Kier molecular flexibility index (Phi) is 20.8. The van der Waals surface area contributed by atoms with Gasteiger partial charge in [-0.05, 0) is 229 Å². The highest BCUT2D eigenvalue weighted by Crippen LogP contribution is 2.48. The van der Waals surface area contributed by atoms with Gasteiger partial charge in [-0.15, -0.1) is 0 Å². The number of nitrogens with zero attached hydrogens (tertiary/aromatic N) is 7. The summed E-state index contributed by atoms with van der Waals surface area (Å²) in [5.74, 6) is 5.78. The van der Waals surface area contributed by atoms with Crippen LogP contribution in [0.4, 0.5) is 5.69 Å². The molecular formula is C91H97N7O3. The molecule has 0 N–H and O–H groups in total. The summed E-state index contributed by atoms with van der Waals surface area (Å²) in [7, 11) is 0. The van der Waals surface area contributed by atoms with Crippen LogP contribution in [-0.2, 0) is 30.4 Å². The summed E-state index contributed by atoms with van der Waals surface area (Å²) in [5.41, 5.74) is 24.5. The van der Waals surface area contributed by atoms with Crippen molar-refractivity contribution in [1.82, 2.24) is 28.2 Å². The number of aryl methyl sites for hydroxylation is 1. The van der Waals surface area contributed by atoms with Gasteiger partial charge in [0.2, 0.25) is 0 Å². The average Bonchev–Trinajstić information content (AvgIpc) is 1.80. The predicted octanol–water partition coefficient (Wildman–Crippen LogP) is 21.1. The number of Topliss-reactive ketones (excluding diaryl/α,β-unsaturated/α-hetero) is 2. The van der Waals surface area contributed by atoms with E-state index in [-0.39, 0.29) is 11.6 Å². The van der Waals surface area contributed by atoms with Gasteiger partial charge in [-0.2, -0.15) is 0 Å². The van der Waals surface area contributed by atoms with Crippen molar-refractivity contribution in [3.63, 3.8) is 0 Å². The molecule has 101 heavy (non-hydrogen) atoms. The molecule has 0 amide bonds. The number of anilines is 1. The quantitative estimate of drug-likeness (QED) is 0.0838. The molecule has 0 bridgehead atoms. The maximum atomic E-state index is 11.8. The van der Waals surface area contributed by atoms with E-state index in [4.69, 9.17) is 9.72 Å². The highest BCUT2D eigenvalue weighted by molar-refractivity contribution is 5.95. The first-order chi connectivity index (χ1) is 49.6. The van der Waals surface area contributed by atoms with E-state index in [1.165, 1.54) is 158 Å². The third-order valence-corrected chi connectivity index (χ3v) is 23.2. The first-order valence-electron chi connectivity index (χ1n) is 37.9. The number of imidazole rings is 3. The van der Waals surface area contributed by atoms with Gasteiger partial charge in [0.25, 0.3) is 0 Å². The summed E-state index contributed by atoms with van der Waals surface area (Å²) in [5, 5.41) is 0. The fraction of sp³-hybridized carbons (Fsp3) is 0.352. The standard InChI is InChI=1S/C34H40N2.C31H32N2O.C26H25N3O2/c1-2-25-7-6-10-31(23-25)33-20-19-32(34-35-21-22-36(33)34)24-26-11-13-28(14-12-26)30-17-15-29(16-18-30)27-8-4-3-5-9-27;1-21(34)23-6-14-28(15-7-23)30-17-16-29(31-32-18-19-33(30)31)20-22-2-4-24(5-3-22)25-8-10-26(11-9-25)27-12-13-27;1-19(30)21-3-2-4-22(18-21)25-10-7-23(26-27-11-12-29(25)26)17-20-5-8-24(9-6-20)28-13-15-31-16-14-28/h6-7,10-14,19-23,27,29-30H,2-5,8-9,15-18,24H2,1H3;2-7,14-19,25-27H,8-13,20H2,1H3;2-12,18H,13-17H2,1H3. The van der Waals surface area contributed by atoms with Crippen molar-refractivity contribution in [1.29, 1.82) is 0 Å². The molecule has 7 heterocycles. The van der Waals surface area contributed by atoms with Crippen LogP contribution < -0.4 is 4.90 Å². The largest absolute Gasteiger partial charge is 0.378 e. The number of hydrogen-bond donors (Lipinski definition) is 0. The van der Waals surface area contributed by atoms with Crippen molar-refractivity contribution < 1.29 is 14.3 Å². The van der Waals surface area contributed by atoms with Crippen LogP contribution in [0.25, 0.3) is 50.7 Å². The van der Waals surface area contributed by atoms with E-state index in [1.807, 2.05) is 79.5 Å². The van der Waals surface area contributed by atoms with Gasteiger partial charge in [-0.25, -0.2) is 15.0 Å². The van der Waals surface area contributed by atoms with Crippen molar-refractivity contribution >= 4 is 34.2 Å². The number of benzene rings is 6. The van der Waals surface area contributed by atoms with Gasteiger partial charge < -0.3 is 9.64 Å². The Bertz CT molecular complexity index is 4780. The number of fused-ring (bicyclic) bond motifs is 3. The molecule has 514 valence electrons. The fourth-order valence-corrected chi connectivity index (χ4v) is 17.2. The minimum atomic E-state index is 0.0703. The van der Waals surface area contributed by atoms with Crippen LogP contribution in [0.5, 0.6) is 0 Å². The topological polar surface area (TPSA) is 98.5 Å². The summed E-state index contributed by atoms with van der Waals surface area (Å²) < 4.78 is 12.0. The van der Waals surface area contributed by atoms with Crippen LogP contribution in [0.15, 0.2) is 219 Å². The van der Waals surface area contributed by atoms with Gasteiger partial charge in [0.15, 0.2) is 11.6 Å². The lowest BCUT2D eigenvalue weighted by molar-refractivity contribution is 0.100. The Labute approximate surface area is 596 Å². The summed E-state index contributed by atoms with van der Waals surface area (Å²) in [6.45, 7) is 8.88. The van der Waals surface area contributed by atoms with E-state index >= 15 is 0 Å². The number of carbonyl (C=O) groups is 2. The summed E-state index contributed by atoms with van der Waals surface area (Å²) in [6, 6.07) is 65.3. The Morgan fingerprint density at radius 3 is 1.26 bits per heavy atom. The van der Waals surface area contributed by atoms with Crippen molar-refractivity contribution in [2.24, 2.45) is 23.7 Å². The Hall–Kier alpha value is -9.51. The second-order valence-corrected chi connectivity index (χ2v) is 29.7. The molecule has 0 radical (unpaired) electrons. The third kappa shape index (κ3) is 15.7. The zero-order valence-corrected chi connectivity index (χ0v) is 59.4. The average molecular weight is 1340 g/mol. The van der Waals surface area contributed by atoms with E-state index < -0.39 is 0 Å². The number of rotatable bonds is 17. The minimum Gasteiger partial charge on any atom is -0.378 e. The van der Waals surface area contributed by atoms with Crippen molar-refractivity contribution in [2.45, 2.75) is 155 Å². The monoisotopic (exact) mass is 1340 g/mol. The molecule has 10 heteroatoms.